The average molecular weight is 1910 g/mol. The van der Waals surface area contributed by atoms with E-state index in [-0.39, 0.29) is 74.8 Å². The van der Waals surface area contributed by atoms with Gasteiger partial charge in [0.05, 0.1) is 38.0 Å². The summed E-state index contributed by atoms with van der Waals surface area (Å²) in [6, 6.07) is 26.3. The Hall–Kier alpha value is -10.3. The lowest BCUT2D eigenvalue weighted by molar-refractivity contribution is 0.0976. The molecule has 7 N–H and O–H groups in total. The number of aromatic amines is 4. The van der Waals surface area contributed by atoms with Crippen LogP contribution in [0.4, 0.5) is 0 Å². The summed E-state index contributed by atoms with van der Waals surface area (Å²) in [6.45, 7) is 46.9. The number of terminal acetylenes is 4. The van der Waals surface area contributed by atoms with Gasteiger partial charge in [-0.05, 0) is 212 Å². The number of allylic oxidation sites excluding steroid dienone is 8. The van der Waals surface area contributed by atoms with Gasteiger partial charge in [-0.1, -0.05) is 238 Å². The van der Waals surface area contributed by atoms with Gasteiger partial charge in [-0.3, -0.25) is 29.0 Å². The molecule has 20 nitrogen and oxygen atoms in total. The Balaban J connectivity index is 0.000000190. The fourth-order valence-corrected chi connectivity index (χ4v) is 19.7. The third-order valence-electron chi connectivity index (χ3n) is 28.4. The summed E-state index contributed by atoms with van der Waals surface area (Å²) in [7, 11) is -1.22. The minimum atomic E-state index is -2.94. The molecule has 13 rings (SSSR count). The Labute approximate surface area is 829 Å². The van der Waals surface area contributed by atoms with Crippen molar-refractivity contribution in [3.05, 3.63) is 235 Å². The Morgan fingerprint density at radius 2 is 0.768 bits per heavy atom. The Morgan fingerprint density at radius 3 is 1.04 bits per heavy atom. The molecule has 0 unspecified atom stereocenters. The van der Waals surface area contributed by atoms with Crippen LogP contribution in [0.25, 0.3) is 22.3 Å². The van der Waals surface area contributed by atoms with E-state index in [9.17, 15) is 32.7 Å². The predicted molar refractivity (Wildman–Crippen MR) is 568 cm³/mol. The first kappa shape index (κ1) is 110. The topological polar surface area (TPSA) is 277 Å². The highest BCUT2D eigenvalue weighted by Crippen LogP contribution is 2.46. The molecular weight excluding hydrogens is 1750 g/mol. The molecule has 1 saturated heterocycles. The number of unbranched alkanes of at least 4 members (excludes halogenated alkanes) is 1. The first-order valence-corrected chi connectivity index (χ1v) is 52.8. The summed E-state index contributed by atoms with van der Waals surface area (Å²) < 4.78 is 28.1. The number of thioether (sulfide) groups is 1. The number of nitrogens with zero attached hydrogens (tertiary/aromatic N) is 6. The van der Waals surface area contributed by atoms with Crippen molar-refractivity contribution < 1.29 is 37.4 Å². The molecule has 0 bridgehead atoms. The van der Waals surface area contributed by atoms with Gasteiger partial charge in [0, 0.05) is 132 Å². The molecule has 0 spiro atoms. The largest absolute Gasteiger partial charge is 0.395 e. The predicted octanol–water partition coefficient (Wildman–Crippen LogP) is 20.8. The van der Waals surface area contributed by atoms with Gasteiger partial charge in [0.25, 0.3) is 0 Å². The van der Waals surface area contributed by atoms with Crippen LogP contribution in [0.15, 0.2) is 122 Å². The van der Waals surface area contributed by atoms with Crippen molar-refractivity contribution in [2.45, 2.75) is 254 Å². The number of aliphatic hydroxyl groups is 1. The molecule has 22 heteroatoms. The van der Waals surface area contributed by atoms with Gasteiger partial charge in [-0.25, -0.2) is 28.4 Å². The van der Waals surface area contributed by atoms with Crippen molar-refractivity contribution in [3.8, 4) is 49.4 Å². The Bertz CT molecular complexity index is 5820. The van der Waals surface area contributed by atoms with E-state index in [1.807, 2.05) is 11.8 Å². The summed E-state index contributed by atoms with van der Waals surface area (Å²) in [5.74, 6) is 12.3. The number of ketones is 4. The molecule has 0 saturated carbocycles. The van der Waals surface area contributed by atoms with Gasteiger partial charge in [0.15, 0.2) is 23.3 Å². The Morgan fingerprint density at radius 1 is 0.464 bits per heavy atom. The molecule has 4 aromatic carbocycles. The number of β-amino-alcohol motifs (C(OH)–C–C–N with tert-alkyl or cyclic N) is 1. The minimum absolute atomic E-state index is 0.00704. The first-order chi connectivity index (χ1) is 65.2. The number of H-pyrrole nitrogens is 4. The highest BCUT2D eigenvalue weighted by atomic mass is 32.2. The number of aromatic nitrogens is 8. The average Bonchev–Trinajstić information content (AvgIpc) is 1.20. The number of aliphatic hydroxyl groups excluding tert-OH is 1. The maximum Gasteiger partial charge on any atom is 0.202 e. The van der Waals surface area contributed by atoms with Crippen LogP contribution in [0, 0.1) is 71.0 Å². The van der Waals surface area contributed by atoms with Crippen molar-refractivity contribution in [2.75, 3.05) is 110 Å². The summed E-state index contributed by atoms with van der Waals surface area (Å²) in [6.07, 6.45) is 57.0. The van der Waals surface area contributed by atoms with E-state index in [0.29, 0.717) is 88.8 Å². The third kappa shape index (κ3) is 32.1. The number of ether oxygens (including phenoxy) is 1. The van der Waals surface area contributed by atoms with Crippen molar-refractivity contribution in [1.82, 2.24) is 60.3 Å². The van der Waals surface area contributed by atoms with Crippen LogP contribution in [-0.4, -0.2) is 196 Å². The van der Waals surface area contributed by atoms with Gasteiger partial charge >= 0.3 is 0 Å². The van der Waals surface area contributed by atoms with E-state index in [4.69, 9.17) is 30.4 Å². The van der Waals surface area contributed by atoms with E-state index in [1.165, 1.54) is 92.3 Å². The minimum Gasteiger partial charge on any atom is -0.395 e. The van der Waals surface area contributed by atoms with Crippen LogP contribution in [0.5, 0.6) is 0 Å². The molecule has 4 aliphatic carbocycles. The molecule has 0 radical (unpaired) electrons. The number of imidazole rings is 4. The van der Waals surface area contributed by atoms with E-state index in [0.717, 1.165) is 189 Å². The fourth-order valence-electron chi connectivity index (χ4n) is 18.7. The molecule has 738 valence electrons. The van der Waals surface area contributed by atoms with Gasteiger partial charge in [-0.2, -0.15) is 11.8 Å². The maximum absolute atomic E-state index is 13.1. The second-order valence-corrected chi connectivity index (χ2v) is 47.5. The molecule has 0 amide bonds. The van der Waals surface area contributed by atoms with Crippen molar-refractivity contribution in [3.63, 3.8) is 0 Å². The van der Waals surface area contributed by atoms with Crippen LogP contribution < -0.4 is 10.6 Å². The zero-order valence-electron chi connectivity index (χ0n) is 86.0. The van der Waals surface area contributed by atoms with Crippen molar-refractivity contribution >= 4 is 67.0 Å². The number of Topliss-reactive ketones (excluding diaryl/α,β-unsaturated/α-hetero) is 4. The van der Waals surface area contributed by atoms with Crippen LogP contribution in [0.2, 0.25) is 0 Å². The molecule has 5 aliphatic rings. The van der Waals surface area contributed by atoms with E-state index >= 15 is 0 Å². The van der Waals surface area contributed by atoms with Gasteiger partial charge in [0.1, 0.15) is 32.6 Å². The zero-order chi connectivity index (χ0) is 101. The number of sulfone groups is 1. The number of carbonyl (C=O) groups is 4. The van der Waals surface area contributed by atoms with Gasteiger partial charge in [-0.15, -0.1) is 25.7 Å². The second kappa shape index (κ2) is 48.7. The molecule has 0 atom stereocenters. The quantitative estimate of drug-likeness (QED) is 0.0107. The zero-order valence-corrected chi connectivity index (χ0v) is 87.6. The molecular formula is C116H154N12O8S2. The fraction of sp³-hybridized carbons (Fsp3) is 0.517. The van der Waals surface area contributed by atoms with Gasteiger partial charge in [0.2, 0.25) is 23.1 Å². The molecule has 1 fully saturated rings. The molecule has 138 heavy (non-hydrogen) atoms. The number of methoxy groups -OCH3 is 1. The first-order valence-electron chi connectivity index (χ1n) is 49.3. The number of benzene rings is 4. The molecule has 1 aliphatic heterocycles. The van der Waals surface area contributed by atoms with E-state index < -0.39 is 9.84 Å². The molecule has 5 heterocycles. The summed E-state index contributed by atoms with van der Waals surface area (Å²) in [5.41, 5.74) is 22.4. The van der Waals surface area contributed by atoms with Crippen LogP contribution in [0.3, 0.4) is 0 Å². The molecule has 4 aromatic heterocycles. The SMILES string of the molecule is C#Cc1cnc(C(=O)Cc2ccc(C(C)(C)CCCCS(C)(=O)=O)cc2C2=CCC(C)(C)CC2)[nH]1.C#Cc1cnc(C(=O)Cc2ccc(C(C)(C)CN3CCN(CCO)CC3)cc2C2=CCC(C)(C)CC2)[nH]1.C#Cc1cnc(C(=O)Cc2ccc(C(C)(C)CNCCOC)cc2C2=CCC(C)(C)CC2)[nH]1.C#Cc1cnc(C(=O)Cc2ccc(C(C)(C)CNCCSC)cc2C2=CCC(C)(C)CC2)[nH]1. The number of hydrogen-bond acceptors (Lipinski definition) is 17. The highest BCUT2D eigenvalue weighted by molar-refractivity contribution is 7.98. The number of rotatable bonds is 39. The lowest BCUT2D eigenvalue weighted by Gasteiger charge is -2.39. The van der Waals surface area contributed by atoms with E-state index in [2.05, 4.69) is 298 Å². The summed E-state index contributed by atoms with van der Waals surface area (Å²) in [5, 5.41) is 16.3. The number of hydrogen-bond donors (Lipinski definition) is 7. The number of nitrogens with one attached hydrogen (secondary N) is 6. The van der Waals surface area contributed by atoms with Crippen LogP contribution >= 0.6 is 11.8 Å². The lowest BCUT2D eigenvalue weighted by atomic mass is 9.74. The highest BCUT2D eigenvalue weighted by Gasteiger charge is 2.35. The summed E-state index contributed by atoms with van der Waals surface area (Å²) in [4.78, 5) is 85.3. The maximum atomic E-state index is 13.1. The molecule has 8 aromatic rings. The Kier molecular flexibility index (Phi) is 38.7. The smallest absolute Gasteiger partial charge is 0.202 e. The lowest BCUT2D eigenvalue weighted by Crippen LogP contribution is -2.50. The summed E-state index contributed by atoms with van der Waals surface area (Å²) >= 11 is 1.86. The van der Waals surface area contributed by atoms with Crippen LogP contribution in [-0.2, 0) is 61.9 Å². The number of piperazine rings is 1. The second-order valence-electron chi connectivity index (χ2n) is 44.2. The third-order valence-corrected chi connectivity index (χ3v) is 30.0. The standard InChI is InChI=1S/C31H42N4O2.C29H38N2O3S.C28H37N3O2.C28H37N3OS/c1-6-26-21-32-29(33-26)28(37)19-24-7-8-25(20-27(24)23-9-11-30(2,3)12-10-23)31(4,5)22-35-15-13-34(14-16-35)17-18-36;1-7-24-20-30-27(31-24)26(32)18-22-10-11-23(29(4,5)14-8-9-17-35(6,33)34)19-25(22)21-12-15-28(2,3)16-13-21;2*1-7-23-18-30-26(31-23)25(32)16-21-8-9-22(28(4,5)19-29-14-15-33-6)17-24(21)20-10-12-27(2,3)13-11-20/h1,7-9,20-21,36H,10-19,22H2,2-5H3,(H,32,33);1,10-12,19-20H,8-9,13-18H2,2-6H3,(H,30,31);2*1,8-10,17-18,29H,11-16,19H2,2-6H3,(H,30,31). The van der Waals surface area contributed by atoms with Gasteiger partial charge < -0.3 is 40.4 Å². The van der Waals surface area contributed by atoms with E-state index in [1.54, 1.807) is 7.11 Å². The monoisotopic (exact) mass is 1910 g/mol. The normalized spacial score (nSPS) is 16.6. The number of carbonyl (C=O) groups excluding carboxylic acids is 4. The van der Waals surface area contributed by atoms with Crippen molar-refractivity contribution in [1.29, 1.82) is 0 Å². The van der Waals surface area contributed by atoms with Crippen molar-refractivity contribution in [2.24, 2.45) is 21.7 Å². The van der Waals surface area contributed by atoms with Crippen LogP contribution in [0.1, 0.15) is 339 Å².